The first-order chi connectivity index (χ1) is 17.1. The fraction of sp³-hybridized carbons (Fsp3) is 0.259. The Hall–Kier alpha value is -2.78. The Morgan fingerprint density at radius 2 is 1.50 bits per heavy atom. The Morgan fingerprint density at radius 1 is 0.972 bits per heavy atom. The number of halogens is 3. The molecule has 0 bridgehead atoms. The summed E-state index contributed by atoms with van der Waals surface area (Å²) in [5, 5.41) is 0.562. The summed E-state index contributed by atoms with van der Waals surface area (Å²) in [7, 11) is -3.85. The van der Waals surface area contributed by atoms with E-state index in [1.165, 1.54) is 0 Å². The van der Waals surface area contributed by atoms with E-state index in [1.54, 1.807) is 12.1 Å². The molecule has 0 amide bonds. The molecule has 0 spiro atoms. The summed E-state index contributed by atoms with van der Waals surface area (Å²) in [5.41, 5.74) is 2.85. The van der Waals surface area contributed by atoms with Crippen LogP contribution in [0.1, 0.15) is 34.6 Å². The second-order valence-electron chi connectivity index (χ2n) is 9.03. The molecular formula is C27H24ClF2NO4S. The number of sulfone groups is 1. The summed E-state index contributed by atoms with van der Waals surface area (Å²) in [6.45, 7) is 5.13. The maximum absolute atomic E-state index is 14.1. The Balaban J connectivity index is 1.56. The molecule has 0 saturated carbocycles. The first-order valence-electron chi connectivity index (χ1n) is 11.3. The Morgan fingerprint density at radius 3 is 2.00 bits per heavy atom. The zero-order valence-electron chi connectivity index (χ0n) is 19.5. The highest BCUT2D eigenvalue weighted by atomic mass is 35.5. The van der Waals surface area contributed by atoms with E-state index < -0.39 is 38.6 Å². The third-order valence-electron chi connectivity index (χ3n) is 6.81. The van der Waals surface area contributed by atoms with Crippen LogP contribution in [-0.2, 0) is 24.1 Å². The summed E-state index contributed by atoms with van der Waals surface area (Å²) in [6.07, 6.45) is 0.638. The molecule has 36 heavy (non-hydrogen) atoms. The summed E-state index contributed by atoms with van der Waals surface area (Å²) >= 11 is 6.12. The number of hydrogen-bond donors (Lipinski definition) is 0. The molecule has 0 N–H and O–H groups in total. The Bertz CT molecular complexity index is 1390. The zero-order valence-corrected chi connectivity index (χ0v) is 21.0. The van der Waals surface area contributed by atoms with Gasteiger partial charge in [-0.3, -0.25) is 0 Å². The zero-order chi connectivity index (χ0) is 25.7. The van der Waals surface area contributed by atoms with Crippen LogP contribution in [0.5, 0.6) is 0 Å². The van der Waals surface area contributed by atoms with Gasteiger partial charge < -0.3 is 14.4 Å². The van der Waals surface area contributed by atoms with Gasteiger partial charge in [-0.25, -0.2) is 17.2 Å². The molecule has 0 radical (unpaired) electrons. The molecule has 3 aromatic rings. The monoisotopic (exact) mass is 531 g/mol. The van der Waals surface area contributed by atoms with Gasteiger partial charge in [0, 0.05) is 35.2 Å². The maximum atomic E-state index is 14.1. The van der Waals surface area contributed by atoms with Crippen LogP contribution in [0.4, 0.5) is 8.78 Å². The van der Waals surface area contributed by atoms with E-state index in [0.717, 1.165) is 35.1 Å². The quantitative estimate of drug-likeness (QED) is 0.419. The fourth-order valence-electron chi connectivity index (χ4n) is 4.99. The molecule has 5 nitrogen and oxygen atoms in total. The first kappa shape index (κ1) is 24.9. The molecule has 9 heteroatoms. The van der Waals surface area contributed by atoms with E-state index in [2.05, 4.69) is 6.58 Å². The van der Waals surface area contributed by atoms with Gasteiger partial charge in [0.15, 0.2) is 20.9 Å². The van der Waals surface area contributed by atoms with Crippen molar-refractivity contribution in [3.63, 3.8) is 0 Å². The van der Waals surface area contributed by atoms with E-state index in [0.29, 0.717) is 24.3 Å². The Kier molecular flexibility index (Phi) is 6.41. The van der Waals surface area contributed by atoms with E-state index >= 15 is 0 Å². The lowest BCUT2D eigenvalue weighted by molar-refractivity contribution is -0.0441. The number of nitrogens with zero attached hydrogens (tertiary/aromatic N) is 1. The topological polar surface area (TPSA) is 55.8 Å². The SMILES string of the molecule is C=C1N(C(c2ccc(Cl)cc2)c2ccc(C3OCCO3)cc2)CC1(c1cc(F)cc(F)c1)S(C)(=O)=O. The van der Waals surface area contributed by atoms with Gasteiger partial charge in [0.2, 0.25) is 0 Å². The van der Waals surface area contributed by atoms with Crippen LogP contribution >= 0.6 is 11.6 Å². The molecule has 0 aliphatic carbocycles. The van der Waals surface area contributed by atoms with Crippen molar-refractivity contribution in [3.8, 4) is 0 Å². The molecule has 2 aliphatic heterocycles. The van der Waals surface area contributed by atoms with E-state index in [4.69, 9.17) is 21.1 Å². The first-order valence-corrected chi connectivity index (χ1v) is 13.6. The lowest BCUT2D eigenvalue weighted by atomic mass is 9.82. The van der Waals surface area contributed by atoms with Gasteiger partial charge in [-0.2, -0.15) is 0 Å². The molecule has 2 saturated heterocycles. The van der Waals surface area contributed by atoms with Crippen molar-refractivity contribution in [2.45, 2.75) is 17.1 Å². The number of rotatable bonds is 6. The minimum Gasteiger partial charge on any atom is -0.360 e. The average molecular weight is 532 g/mol. The smallest absolute Gasteiger partial charge is 0.184 e. The van der Waals surface area contributed by atoms with Crippen LogP contribution < -0.4 is 0 Å². The molecule has 2 aliphatic rings. The van der Waals surface area contributed by atoms with Crippen molar-refractivity contribution < 1.29 is 26.7 Å². The molecule has 2 atom stereocenters. The minimum atomic E-state index is -3.85. The second-order valence-corrected chi connectivity index (χ2v) is 11.7. The second kappa shape index (κ2) is 9.27. The number of benzene rings is 3. The summed E-state index contributed by atoms with van der Waals surface area (Å²) in [4.78, 5) is 1.84. The van der Waals surface area contributed by atoms with Crippen molar-refractivity contribution in [1.29, 1.82) is 0 Å². The van der Waals surface area contributed by atoms with Gasteiger partial charge in [0.25, 0.3) is 0 Å². The van der Waals surface area contributed by atoms with Gasteiger partial charge >= 0.3 is 0 Å². The highest BCUT2D eigenvalue weighted by Crippen LogP contribution is 2.52. The van der Waals surface area contributed by atoms with Gasteiger partial charge in [-0.15, -0.1) is 0 Å². The van der Waals surface area contributed by atoms with Crippen LogP contribution in [0, 0.1) is 11.6 Å². The molecule has 5 rings (SSSR count). The van der Waals surface area contributed by atoms with Crippen LogP contribution in [0.3, 0.4) is 0 Å². The minimum absolute atomic E-state index is 0.0180. The highest BCUT2D eigenvalue weighted by molar-refractivity contribution is 7.92. The number of hydrogen-bond acceptors (Lipinski definition) is 5. The van der Waals surface area contributed by atoms with Crippen LogP contribution in [0.25, 0.3) is 0 Å². The van der Waals surface area contributed by atoms with Gasteiger partial charge in [0.05, 0.1) is 19.3 Å². The summed E-state index contributed by atoms with van der Waals surface area (Å²) in [5.74, 6) is -1.69. The van der Waals surface area contributed by atoms with Crippen molar-refractivity contribution in [2.75, 3.05) is 26.0 Å². The van der Waals surface area contributed by atoms with E-state index in [9.17, 15) is 17.2 Å². The van der Waals surface area contributed by atoms with Crippen molar-refractivity contribution in [1.82, 2.24) is 4.90 Å². The average Bonchev–Trinajstić information content (AvgIpc) is 3.36. The van der Waals surface area contributed by atoms with Crippen molar-refractivity contribution in [3.05, 3.63) is 118 Å². The predicted molar refractivity (Wildman–Crippen MR) is 133 cm³/mol. The lowest BCUT2D eigenvalue weighted by Gasteiger charge is -2.55. The van der Waals surface area contributed by atoms with E-state index in [1.807, 2.05) is 41.3 Å². The third kappa shape index (κ3) is 4.22. The molecule has 0 aromatic heterocycles. The largest absolute Gasteiger partial charge is 0.360 e. The van der Waals surface area contributed by atoms with Crippen LogP contribution in [-0.4, -0.2) is 39.3 Å². The van der Waals surface area contributed by atoms with Crippen molar-refractivity contribution in [2.24, 2.45) is 0 Å². The summed E-state index contributed by atoms with van der Waals surface area (Å²) in [6, 6.07) is 17.3. The fourth-order valence-corrected chi connectivity index (χ4v) is 6.58. The number of likely N-dealkylation sites (tertiary alicyclic amines) is 1. The van der Waals surface area contributed by atoms with Crippen molar-refractivity contribution >= 4 is 21.4 Å². The normalized spacial score (nSPS) is 21.4. The molecule has 2 heterocycles. The molecular weight excluding hydrogens is 508 g/mol. The van der Waals surface area contributed by atoms with E-state index in [-0.39, 0.29) is 17.8 Å². The van der Waals surface area contributed by atoms with Crippen LogP contribution in [0.15, 0.2) is 79.0 Å². The Labute approximate surface area is 213 Å². The van der Waals surface area contributed by atoms with Gasteiger partial charge in [0.1, 0.15) is 11.6 Å². The number of ether oxygens (including phenoxy) is 2. The standard InChI is InChI=1S/C27H24ClF2NO4S/c1-17-27(36(2,32)33,21-13-23(29)15-24(30)14-21)16-31(17)25(19-7-9-22(28)10-8-19)18-3-5-20(6-4-18)26-34-11-12-35-26/h3-10,13-15,25-26H,1,11-12,16H2,2H3. The molecule has 2 fully saturated rings. The molecule has 2 unspecified atom stereocenters. The highest BCUT2D eigenvalue weighted by Gasteiger charge is 2.58. The lowest BCUT2D eigenvalue weighted by Crippen LogP contribution is -2.61. The molecule has 3 aromatic carbocycles. The molecule has 188 valence electrons. The predicted octanol–water partition coefficient (Wildman–Crippen LogP) is 5.52. The van der Waals surface area contributed by atoms with Gasteiger partial charge in [-0.1, -0.05) is 54.6 Å². The summed E-state index contributed by atoms with van der Waals surface area (Å²) < 4.78 is 63.9. The maximum Gasteiger partial charge on any atom is 0.184 e. The van der Waals surface area contributed by atoms with Gasteiger partial charge in [-0.05, 0) is 41.0 Å². The third-order valence-corrected chi connectivity index (χ3v) is 8.93. The van der Waals surface area contributed by atoms with Crippen LogP contribution in [0.2, 0.25) is 5.02 Å².